The van der Waals surface area contributed by atoms with Gasteiger partial charge in [-0.25, -0.2) is 0 Å². The first-order chi connectivity index (χ1) is 11.0. The fraction of sp³-hybridized carbons (Fsp3) is 0.333. The number of carbonyl (C=O) groups excluding carboxylic acids is 2. The van der Waals surface area contributed by atoms with Crippen molar-refractivity contribution in [3.05, 3.63) is 57.8 Å². The second kappa shape index (κ2) is 8.48. The van der Waals surface area contributed by atoms with Crippen LogP contribution in [0.25, 0.3) is 0 Å². The molecule has 0 bridgehead atoms. The molecule has 0 aliphatic rings. The Morgan fingerprint density at radius 2 is 1.91 bits per heavy atom. The van der Waals surface area contributed by atoms with E-state index in [1.54, 1.807) is 11.3 Å². The fourth-order valence-electron chi connectivity index (χ4n) is 2.33. The summed E-state index contributed by atoms with van der Waals surface area (Å²) in [5.41, 5.74) is 2.09. The van der Waals surface area contributed by atoms with Crippen LogP contribution in [0.5, 0.6) is 0 Å². The van der Waals surface area contributed by atoms with Gasteiger partial charge in [-0.2, -0.15) is 0 Å². The molecule has 2 aromatic rings. The van der Waals surface area contributed by atoms with E-state index in [2.05, 4.69) is 16.7 Å². The summed E-state index contributed by atoms with van der Waals surface area (Å²) < 4.78 is 0. The van der Waals surface area contributed by atoms with Crippen molar-refractivity contribution in [3.63, 3.8) is 0 Å². The third-order valence-electron chi connectivity index (χ3n) is 3.52. The van der Waals surface area contributed by atoms with Crippen LogP contribution in [0.3, 0.4) is 0 Å². The van der Waals surface area contributed by atoms with Crippen LogP contribution in [-0.4, -0.2) is 18.4 Å². The van der Waals surface area contributed by atoms with Gasteiger partial charge < -0.3 is 10.6 Å². The average molecular weight is 330 g/mol. The predicted octanol–water partition coefficient (Wildman–Crippen LogP) is 2.98. The van der Waals surface area contributed by atoms with Crippen molar-refractivity contribution in [2.45, 2.75) is 32.7 Å². The first kappa shape index (κ1) is 17.2. The highest BCUT2D eigenvalue weighted by Gasteiger charge is 2.16. The molecule has 1 unspecified atom stereocenters. The lowest BCUT2D eigenvalue weighted by Gasteiger charge is -2.18. The van der Waals surface area contributed by atoms with Crippen LogP contribution in [0.4, 0.5) is 0 Å². The molecule has 1 heterocycles. The van der Waals surface area contributed by atoms with E-state index in [4.69, 9.17) is 0 Å². The zero-order valence-corrected chi connectivity index (χ0v) is 14.3. The van der Waals surface area contributed by atoms with Crippen molar-refractivity contribution in [2.75, 3.05) is 6.54 Å². The molecule has 0 fully saturated rings. The topological polar surface area (TPSA) is 58.2 Å². The SMILES string of the molecule is CC(=O)NC(CC(=O)NCCc1cccs1)c1ccc(C)cc1. The summed E-state index contributed by atoms with van der Waals surface area (Å²) in [5, 5.41) is 7.80. The van der Waals surface area contributed by atoms with Crippen LogP contribution in [-0.2, 0) is 16.0 Å². The molecule has 0 saturated heterocycles. The van der Waals surface area contributed by atoms with Crippen molar-refractivity contribution < 1.29 is 9.59 Å². The van der Waals surface area contributed by atoms with Gasteiger partial charge in [-0.15, -0.1) is 11.3 Å². The lowest BCUT2D eigenvalue weighted by atomic mass is 10.0. The molecule has 0 aliphatic heterocycles. The summed E-state index contributed by atoms with van der Waals surface area (Å²) in [6.45, 7) is 4.09. The van der Waals surface area contributed by atoms with Gasteiger partial charge in [0.2, 0.25) is 11.8 Å². The molecule has 0 saturated carbocycles. The molecule has 4 nitrogen and oxygen atoms in total. The maximum atomic E-state index is 12.1. The van der Waals surface area contributed by atoms with E-state index in [9.17, 15) is 9.59 Å². The molecule has 1 atom stereocenters. The van der Waals surface area contributed by atoms with Gasteiger partial charge in [0.25, 0.3) is 0 Å². The van der Waals surface area contributed by atoms with Crippen molar-refractivity contribution in [1.29, 1.82) is 0 Å². The predicted molar refractivity (Wildman–Crippen MR) is 93.4 cm³/mol. The molecule has 23 heavy (non-hydrogen) atoms. The van der Waals surface area contributed by atoms with Gasteiger partial charge in [-0.3, -0.25) is 9.59 Å². The lowest BCUT2D eigenvalue weighted by Crippen LogP contribution is -2.33. The van der Waals surface area contributed by atoms with Gasteiger partial charge in [-0.1, -0.05) is 35.9 Å². The van der Waals surface area contributed by atoms with E-state index in [-0.39, 0.29) is 24.3 Å². The quantitative estimate of drug-likeness (QED) is 0.820. The monoisotopic (exact) mass is 330 g/mol. The molecule has 0 spiro atoms. The minimum absolute atomic E-state index is 0.0547. The summed E-state index contributed by atoms with van der Waals surface area (Å²) in [6.07, 6.45) is 1.08. The fourth-order valence-corrected chi connectivity index (χ4v) is 3.04. The van der Waals surface area contributed by atoms with Gasteiger partial charge in [0.1, 0.15) is 0 Å². The Morgan fingerprint density at radius 1 is 1.17 bits per heavy atom. The molecule has 5 heteroatoms. The summed E-state index contributed by atoms with van der Waals surface area (Å²) >= 11 is 1.69. The summed E-state index contributed by atoms with van der Waals surface area (Å²) in [7, 11) is 0. The smallest absolute Gasteiger partial charge is 0.222 e. The van der Waals surface area contributed by atoms with Crippen LogP contribution in [0.1, 0.15) is 35.4 Å². The van der Waals surface area contributed by atoms with Crippen LogP contribution in [0.15, 0.2) is 41.8 Å². The number of hydrogen-bond acceptors (Lipinski definition) is 3. The van der Waals surface area contributed by atoms with Crippen molar-refractivity contribution >= 4 is 23.2 Å². The highest BCUT2D eigenvalue weighted by Crippen LogP contribution is 2.17. The minimum Gasteiger partial charge on any atom is -0.356 e. The number of amides is 2. The molecule has 2 amide bonds. The van der Waals surface area contributed by atoms with Crippen molar-refractivity contribution in [1.82, 2.24) is 10.6 Å². The number of aryl methyl sites for hydroxylation is 1. The molecular weight excluding hydrogens is 308 g/mol. The minimum atomic E-state index is -0.296. The molecule has 1 aromatic heterocycles. The van der Waals surface area contributed by atoms with Crippen molar-refractivity contribution in [2.24, 2.45) is 0 Å². The molecule has 2 rings (SSSR count). The Morgan fingerprint density at radius 3 is 2.52 bits per heavy atom. The number of benzene rings is 1. The Balaban J connectivity index is 1.89. The van der Waals surface area contributed by atoms with E-state index in [1.165, 1.54) is 11.8 Å². The standard InChI is InChI=1S/C18H22N2O2S/c1-13-5-7-15(8-6-13)17(20-14(2)21)12-18(22)19-10-9-16-4-3-11-23-16/h3-8,11,17H,9-10,12H2,1-2H3,(H,19,22)(H,20,21). The Bertz CT molecular complexity index is 636. The Hall–Kier alpha value is -2.14. The third kappa shape index (κ3) is 5.87. The summed E-state index contributed by atoms with van der Waals surface area (Å²) in [5.74, 6) is -0.192. The van der Waals surface area contributed by atoms with Crippen LogP contribution in [0, 0.1) is 6.92 Å². The first-order valence-electron chi connectivity index (χ1n) is 7.67. The van der Waals surface area contributed by atoms with E-state index >= 15 is 0 Å². The molecule has 1 aromatic carbocycles. The van der Waals surface area contributed by atoms with Crippen LogP contribution >= 0.6 is 11.3 Å². The maximum absolute atomic E-state index is 12.1. The number of carbonyl (C=O) groups is 2. The maximum Gasteiger partial charge on any atom is 0.222 e. The van der Waals surface area contributed by atoms with Gasteiger partial charge in [0, 0.05) is 18.3 Å². The highest BCUT2D eigenvalue weighted by molar-refractivity contribution is 7.09. The molecule has 0 aliphatic carbocycles. The van der Waals surface area contributed by atoms with E-state index in [0.717, 1.165) is 17.5 Å². The summed E-state index contributed by atoms with van der Waals surface area (Å²) in [4.78, 5) is 24.8. The molecule has 0 radical (unpaired) electrons. The van der Waals surface area contributed by atoms with Gasteiger partial charge in [0.05, 0.1) is 12.5 Å². The third-order valence-corrected chi connectivity index (χ3v) is 4.46. The molecule has 2 N–H and O–H groups in total. The van der Waals surface area contributed by atoms with E-state index in [0.29, 0.717) is 6.54 Å². The zero-order chi connectivity index (χ0) is 16.7. The van der Waals surface area contributed by atoms with Gasteiger partial charge >= 0.3 is 0 Å². The van der Waals surface area contributed by atoms with Gasteiger partial charge in [-0.05, 0) is 30.4 Å². The second-order valence-corrected chi connectivity index (χ2v) is 6.58. The highest BCUT2D eigenvalue weighted by atomic mass is 32.1. The number of nitrogens with one attached hydrogen (secondary N) is 2. The lowest BCUT2D eigenvalue weighted by molar-refractivity contribution is -0.122. The van der Waals surface area contributed by atoms with Crippen LogP contribution in [0.2, 0.25) is 0 Å². The Labute approximate surface area is 140 Å². The number of rotatable bonds is 7. The second-order valence-electron chi connectivity index (χ2n) is 5.55. The van der Waals surface area contributed by atoms with E-state index < -0.39 is 0 Å². The first-order valence-corrected chi connectivity index (χ1v) is 8.55. The van der Waals surface area contributed by atoms with E-state index in [1.807, 2.05) is 42.6 Å². The largest absolute Gasteiger partial charge is 0.356 e. The normalized spacial score (nSPS) is 11.7. The molecular formula is C18H22N2O2S. The average Bonchev–Trinajstić information content (AvgIpc) is 3.00. The summed E-state index contributed by atoms with van der Waals surface area (Å²) in [6, 6.07) is 11.6. The van der Waals surface area contributed by atoms with Crippen molar-refractivity contribution in [3.8, 4) is 0 Å². The molecule has 122 valence electrons. The van der Waals surface area contributed by atoms with Gasteiger partial charge in [0.15, 0.2) is 0 Å². The Kier molecular flexibility index (Phi) is 6.35. The zero-order valence-electron chi connectivity index (χ0n) is 13.5. The van der Waals surface area contributed by atoms with Crippen LogP contribution < -0.4 is 10.6 Å². The number of hydrogen-bond donors (Lipinski definition) is 2. The number of thiophene rings is 1.